The van der Waals surface area contributed by atoms with Crippen LogP contribution in [0.4, 0.5) is 5.69 Å². The highest BCUT2D eigenvalue weighted by molar-refractivity contribution is 5.85. The van der Waals surface area contributed by atoms with E-state index in [1.165, 1.54) is 7.11 Å². The number of nitrogen functional groups attached to an aromatic ring is 1. The molecule has 0 aliphatic rings. The van der Waals surface area contributed by atoms with Gasteiger partial charge in [0.2, 0.25) is 5.65 Å². The van der Waals surface area contributed by atoms with E-state index < -0.39 is 0 Å². The van der Waals surface area contributed by atoms with Crippen LogP contribution in [0, 0.1) is 6.92 Å². The van der Waals surface area contributed by atoms with E-state index in [2.05, 4.69) is 29.6 Å². The van der Waals surface area contributed by atoms with Gasteiger partial charge in [-0.15, -0.1) is 0 Å². The highest BCUT2D eigenvalue weighted by Crippen LogP contribution is 2.25. The first-order chi connectivity index (χ1) is 11.1. The molecule has 118 valence electrons. The summed E-state index contributed by atoms with van der Waals surface area (Å²) in [5.74, 6) is -0.298. The minimum Gasteiger partial charge on any atom is -0.469 e. The molecule has 0 atom stereocenters. The molecular weight excluding hydrogens is 298 g/mol. The summed E-state index contributed by atoms with van der Waals surface area (Å²) in [5.41, 5.74) is 10.7. The van der Waals surface area contributed by atoms with Gasteiger partial charge in [0.15, 0.2) is 5.52 Å². The van der Waals surface area contributed by atoms with Crippen molar-refractivity contribution in [1.29, 1.82) is 0 Å². The monoisotopic (exact) mass is 313 g/mol. The molecule has 0 aliphatic heterocycles. The molecular formula is C15H15N5O3. The van der Waals surface area contributed by atoms with Crippen LogP contribution in [0.3, 0.4) is 0 Å². The van der Waals surface area contributed by atoms with Crippen molar-refractivity contribution in [3.8, 4) is 0 Å². The van der Waals surface area contributed by atoms with Crippen LogP contribution in [0.2, 0.25) is 0 Å². The molecule has 3 aromatic rings. The number of aryl methyl sites for hydroxylation is 1. The first kappa shape index (κ1) is 14.9. The number of rotatable bonds is 4. The Balaban J connectivity index is 1.86. The summed E-state index contributed by atoms with van der Waals surface area (Å²) in [7, 11) is 1.36. The molecule has 3 aromatic heterocycles. The number of esters is 1. The first-order valence-electron chi connectivity index (χ1n) is 6.96. The summed E-state index contributed by atoms with van der Waals surface area (Å²) >= 11 is 0. The topological polar surface area (TPSA) is 117 Å². The second-order valence-electron chi connectivity index (χ2n) is 5.11. The Morgan fingerprint density at radius 3 is 2.87 bits per heavy atom. The van der Waals surface area contributed by atoms with Crippen LogP contribution in [0.5, 0.6) is 0 Å². The zero-order valence-electron chi connectivity index (χ0n) is 12.7. The minimum atomic E-state index is -0.298. The van der Waals surface area contributed by atoms with E-state index in [9.17, 15) is 4.79 Å². The maximum atomic E-state index is 11.2. The van der Waals surface area contributed by atoms with Gasteiger partial charge >= 0.3 is 5.97 Å². The molecule has 0 aliphatic carbocycles. The van der Waals surface area contributed by atoms with Gasteiger partial charge in [0, 0.05) is 29.6 Å². The van der Waals surface area contributed by atoms with Gasteiger partial charge in [-0.1, -0.05) is 6.07 Å². The lowest BCUT2D eigenvalue weighted by atomic mass is 10.0. The predicted octanol–water partition coefficient (Wildman–Crippen LogP) is 1.21. The van der Waals surface area contributed by atoms with E-state index in [4.69, 9.17) is 5.73 Å². The molecule has 0 amide bonds. The summed E-state index contributed by atoms with van der Waals surface area (Å²) in [5, 5.41) is 7.47. The first-order valence-corrected chi connectivity index (χ1v) is 6.96. The van der Waals surface area contributed by atoms with Gasteiger partial charge in [-0.2, -0.15) is 0 Å². The fraction of sp³-hybridized carbons (Fsp3) is 0.267. The number of hydrogen-bond acceptors (Lipinski definition) is 8. The Labute approximate surface area is 131 Å². The van der Waals surface area contributed by atoms with Crippen molar-refractivity contribution in [2.45, 2.75) is 19.8 Å². The smallest absolute Gasteiger partial charge is 0.310 e. The Hall–Kier alpha value is -3.03. The fourth-order valence-corrected chi connectivity index (χ4v) is 2.30. The van der Waals surface area contributed by atoms with Gasteiger partial charge in [0.25, 0.3) is 0 Å². The molecule has 8 nitrogen and oxygen atoms in total. The summed E-state index contributed by atoms with van der Waals surface area (Å²) < 4.78 is 9.30. The van der Waals surface area contributed by atoms with Gasteiger partial charge in [0.1, 0.15) is 0 Å². The third kappa shape index (κ3) is 2.96. The van der Waals surface area contributed by atoms with E-state index in [1.807, 2.05) is 19.1 Å². The van der Waals surface area contributed by atoms with Crippen molar-refractivity contribution in [3.05, 3.63) is 40.8 Å². The highest BCUT2D eigenvalue weighted by atomic mass is 16.6. The van der Waals surface area contributed by atoms with Gasteiger partial charge in [0.05, 0.1) is 19.2 Å². The minimum absolute atomic E-state index is 0.197. The standard InChI is InChI=1S/C15H15N5O3/c1-8-11(13(16)14-15(18-8)20-23-19-14)6-10-4-3-9(7-17-10)5-12(21)22-2/h3-4,7H,5-6,16H2,1-2H3. The average Bonchev–Trinajstić information content (AvgIpc) is 3.01. The molecule has 0 radical (unpaired) electrons. The maximum absolute atomic E-state index is 11.2. The molecule has 0 saturated heterocycles. The van der Waals surface area contributed by atoms with E-state index in [-0.39, 0.29) is 12.4 Å². The van der Waals surface area contributed by atoms with Crippen molar-refractivity contribution in [3.63, 3.8) is 0 Å². The Kier molecular flexibility index (Phi) is 3.88. The summed E-state index contributed by atoms with van der Waals surface area (Å²) in [6, 6.07) is 3.69. The lowest BCUT2D eigenvalue weighted by Crippen LogP contribution is -2.06. The largest absolute Gasteiger partial charge is 0.469 e. The van der Waals surface area contributed by atoms with Gasteiger partial charge in [-0.3, -0.25) is 9.78 Å². The lowest BCUT2D eigenvalue weighted by Gasteiger charge is -2.08. The van der Waals surface area contributed by atoms with E-state index in [0.29, 0.717) is 23.3 Å². The average molecular weight is 313 g/mol. The van der Waals surface area contributed by atoms with Gasteiger partial charge in [-0.25, -0.2) is 9.61 Å². The number of nitrogens with zero attached hydrogens (tertiary/aromatic N) is 4. The number of ether oxygens (including phenoxy) is 1. The number of methoxy groups -OCH3 is 1. The van der Waals surface area contributed by atoms with E-state index in [0.717, 1.165) is 22.5 Å². The molecule has 3 heterocycles. The number of carbonyl (C=O) groups excluding carboxylic acids is 1. The molecule has 0 spiro atoms. The van der Waals surface area contributed by atoms with Crippen molar-refractivity contribution in [2.75, 3.05) is 12.8 Å². The Morgan fingerprint density at radius 2 is 2.17 bits per heavy atom. The molecule has 0 unspecified atom stereocenters. The molecule has 0 aromatic carbocycles. The highest BCUT2D eigenvalue weighted by Gasteiger charge is 2.15. The number of aromatic nitrogens is 4. The second-order valence-corrected chi connectivity index (χ2v) is 5.11. The number of carbonyl (C=O) groups is 1. The number of pyridine rings is 2. The third-order valence-corrected chi connectivity index (χ3v) is 3.58. The lowest BCUT2D eigenvalue weighted by molar-refractivity contribution is -0.139. The molecule has 8 heteroatoms. The molecule has 2 N–H and O–H groups in total. The van der Waals surface area contributed by atoms with Crippen LogP contribution >= 0.6 is 0 Å². The third-order valence-electron chi connectivity index (χ3n) is 3.58. The molecule has 23 heavy (non-hydrogen) atoms. The van der Waals surface area contributed by atoms with Crippen molar-refractivity contribution >= 4 is 22.8 Å². The number of hydrogen-bond donors (Lipinski definition) is 1. The molecule has 0 bridgehead atoms. The summed E-state index contributed by atoms with van der Waals surface area (Å²) in [6.07, 6.45) is 2.36. The number of fused-ring (bicyclic) bond motifs is 1. The molecule has 0 saturated carbocycles. The summed E-state index contributed by atoms with van der Waals surface area (Å²) in [4.78, 5) is 19.9. The van der Waals surface area contributed by atoms with Gasteiger partial charge in [-0.05, 0) is 28.9 Å². The van der Waals surface area contributed by atoms with Crippen molar-refractivity contribution in [1.82, 2.24) is 20.3 Å². The van der Waals surface area contributed by atoms with Crippen molar-refractivity contribution in [2.24, 2.45) is 0 Å². The van der Waals surface area contributed by atoms with Crippen LogP contribution < -0.4 is 5.73 Å². The quantitative estimate of drug-likeness (QED) is 0.714. The Morgan fingerprint density at radius 1 is 1.35 bits per heavy atom. The Bertz CT molecular complexity index is 857. The molecule has 3 rings (SSSR count). The zero-order valence-corrected chi connectivity index (χ0v) is 12.7. The zero-order chi connectivity index (χ0) is 16.4. The van der Waals surface area contributed by atoms with Crippen LogP contribution in [0.1, 0.15) is 22.5 Å². The SMILES string of the molecule is COC(=O)Cc1ccc(Cc2c(C)nc3nonc3c2N)nc1. The normalized spacial score (nSPS) is 10.9. The van der Waals surface area contributed by atoms with Crippen LogP contribution in [0.25, 0.3) is 11.2 Å². The van der Waals surface area contributed by atoms with Crippen LogP contribution in [0.15, 0.2) is 23.0 Å². The fourth-order valence-electron chi connectivity index (χ4n) is 2.30. The predicted molar refractivity (Wildman–Crippen MR) is 81.5 cm³/mol. The second kappa shape index (κ2) is 5.99. The molecule has 0 fully saturated rings. The van der Waals surface area contributed by atoms with E-state index >= 15 is 0 Å². The number of nitrogens with two attached hydrogens (primary N) is 1. The van der Waals surface area contributed by atoms with Crippen LogP contribution in [-0.4, -0.2) is 33.4 Å². The van der Waals surface area contributed by atoms with E-state index in [1.54, 1.807) is 6.20 Å². The summed E-state index contributed by atoms with van der Waals surface area (Å²) in [6.45, 7) is 1.85. The van der Waals surface area contributed by atoms with Gasteiger partial charge < -0.3 is 10.5 Å². The number of anilines is 1. The van der Waals surface area contributed by atoms with Crippen molar-refractivity contribution < 1.29 is 14.2 Å². The maximum Gasteiger partial charge on any atom is 0.310 e. The van der Waals surface area contributed by atoms with Crippen LogP contribution in [-0.2, 0) is 22.4 Å².